The van der Waals surface area contributed by atoms with Gasteiger partial charge in [-0.1, -0.05) is 11.8 Å². The first-order valence-electron chi connectivity index (χ1n) is 5.89. The minimum atomic E-state index is 0.438. The third-order valence-electron chi connectivity index (χ3n) is 2.84. The quantitative estimate of drug-likeness (QED) is 0.830. The highest BCUT2D eigenvalue weighted by Crippen LogP contribution is 2.22. The number of rotatable bonds is 2. The van der Waals surface area contributed by atoms with Crippen LogP contribution in [-0.4, -0.2) is 35.5 Å². The second-order valence-corrected chi connectivity index (χ2v) is 6.48. The maximum Gasteiger partial charge on any atom is 0.0772 e. The molecule has 0 radical (unpaired) electrons. The van der Waals surface area contributed by atoms with Crippen LogP contribution in [0.15, 0.2) is 12.1 Å². The molecule has 17 heavy (non-hydrogen) atoms. The monoisotopic (exact) mass is 266 g/mol. The Labute approximate surface area is 112 Å². The molecule has 1 saturated heterocycles. The second-order valence-electron chi connectivity index (χ2n) is 4.17. The van der Waals surface area contributed by atoms with Gasteiger partial charge in [0.05, 0.1) is 11.4 Å². The summed E-state index contributed by atoms with van der Waals surface area (Å²) in [6.45, 7) is 5.02. The van der Waals surface area contributed by atoms with Crippen molar-refractivity contribution in [2.24, 2.45) is 5.73 Å². The van der Waals surface area contributed by atoms with E-state index in [1.54, 1.807) is 11.3 Å². The third kappa shape index (κ3) is 3.75. The van der Waals surface area contributed by atoms with Crippen molar-refractivity contribution in [3.8, 4) is 11.8 Å². The van der Waals surface area contributed by atoms with Crippen LogP contribution in [0.25, 0.3) is 0 Å². The summed E-state index contributed by atoms with van der Waals surface area (Å²) in [7, 11) is 0. The van der Waals surface area contributed by atoms with E-state index in [1.165, 1.54) is 22.9 Å². The van der Waals surface area contributed by atoms with Gasteiger partial charge in [0.1, 0.15) is 0 Å². The first-order valence-corrected chi connectivity index (χ1v) is 7.86. The van der Waals surface area contributed by atoms with Crippen LogP contribution >= 0.6 is 23.1 Å². The number of nitrogens with zero attached hydrogens (tertiary/aromatic N) is 1. The summed E-state index contributed by atoms with van der Waals surface area (Å²) >= 11 is 3.85. The Morgan fingerprint density at radius 3 is 3.18 bits per heavy atom. The van der Waals surface area contributed by atoms with E-state index in [1.807, 2.05) is 0 Å². The first-order chi connectivity index (χ1) is 8.29. The zero-order valence-electron chi connectivity index (χ0n) is 10.1. The Morgan fingerprint density at radius 1 is 1.53 bits per heavy atom. The molecule has 1 fully saturated rings. The second kappa shape index (κ2) is 6.46. The molecule has 1 unspecified atom stereocenters. The van der Waals surface area contributed by atoms with E-state index in [-0.39, 0.29) is 0 Å². The Bertz CT molecular complexity index is 417. The molecule has 2 rings (SSSR count). The fourth-order valence-electron chi connectivity index (χ4n) is 1.86. The van der Waals surface area contributed by atoms with Crippen molar-refractivity contribution in [3.63, 3.8) is 0 Å². The SMILES string of the molecule is CC1CSCCN1Cc1ccc(C#CCN)s1. The molecule has 2 N–H and O–H groups in total. The molecule has 1 aliphatic rings. The van der Waals surface area contributed by atoms with Gasteiger partial charge in [-0.25, -0.2) is 0 Å². The summed E-state index contributed by atoms with van der Waals surface area (Å²) in [5.41, 5.74) is 5.37. The fraction of sp³-hybridized carbons (Fsp3) is 0.538. The normalized spacial score (nSPS) is 20.9. The largest absolute Gasteiger partial charge is 0.320 e. The van der Waals surface area contributed by atoms with Crippen molar-refractivity contribution in [1.82, 2.24) is 4.90 Å². The summed E-state index contributed by atoms with van der Waals surface area (Å²) in [4.78, 5) is 5.09. The van der Waals surface area contributed by atoms with E-state index in [0.29, 0.717) is 12.6 Å². The van der Waals surface area contributed by atoms with E-state index >= 15 is 0 Å². The van der Waals surface area contributed by atoms with Crippen LogP contribution in [0.4, 0.5) is 0 Å². The molecule has 0 saturated carbocycles. The summed E-state index contributed by atoms with van der Waals surface area (Å²) < 4.78 is 0. The standard InChI is InChI=1S/C13H18N2S2/c1-11-10-16-8-7-15(11)9-13-5-4-12(17-13)3-2-6-14/h4-5,11H,6-10,14H2,1H3. The predicted octanol–water partition coefficient (Wildman–Crippen LogP) is 2.00. The van der Waals surface area contributed by atoms with E-state index in [4.69, 9.17) is 5.73 Å². The highest BCUT2D eigenvalue weighted by molar-refractivity contribution is 7.99. The molecule has 0 bridgehead atoms. The lowest BCUT2D eigenvalue weighted by Gasteiger charge is -2.32. The zero-order valence-corrected chi connectivity index (χ0v) is 11.7. The van der Waals surface area contributed by atoms with Gasteiger partial charge in [-0.3, -0.25) is 4.90 Å². The van der Waals surface area contributed by atoms with Crippen molar-refractivity contribution < 1.29 is 0 Å². The minimum Gasteiger partial charge on any atom is -0.320 e. The van der Waals surface area contributed by atoms with Crippen molar-refractivity contribution in [2.75, 3.05) is 24.6 Å². The molecule has 0 amide bonds. The van der Waals surface area contributed by atoms with Crippen LogP contribution < -0.4 is 5.73 Å². The van der Waals surface area contributed by atoms with Gasteiger partial charge in [0, 0.05) is 35.5 Å². The molecule has 1 atom stereocenters. The molecule has 2 nitrogen and oxygen atoms in total. The number of hydrogen-bond donors (Lipinski definition) is 1. The van der Waals surface area contributed by atoms with Crippen LogP contribution in [-0.2, 0) is 6.54 Å². The highest BCUT2D eigenvalue weighted by Gasteiger charge is 2.18. The lowest BCUT2D eigenvalue weighted by molar-refractivity contribution is 0.226. The molecular weight excluding hydrogens is 248 g/mol. The van der Waals surface area contributed by atoms with E-state index in [0.717, 1.165) is 11.4 Å². The number of hydrogen-bond acceptors (Lipinski definition) is 4. The summed E-state index contributed by atoms with van der Waals surface area (Å²) in [6, 6.07) is 4.99. The van der Waals surface area contributed by atoms with Crippen LogP contribution in [0.5, 0.6) is 0 Å². The molecule has 4 heteroatoms. The maximum absolute atomic E-state index is 5.37. The highest BCUT2D eigenvalue weighted by atomic mass is 32.2. The lowest BCUT2D eigenvalue weighted by atomic mass is 10.3. The zero-order chi connectivity index (χ0) is 12.1. The molecule has 0 spiro atoms. The number of thiophene rings is 1. The van der Waals surface area contributed by atoms with Crippen LogP contribution in [0, 0.1) is 11.8 Å². The smallest absolute Gasteiger partial charge is 0.0772 e. The molecule has 1 aliphatic heterocycles. The fourth-order valence-corrected chi connectivity index (χ4v) is 3.86. The van der Waals surface area contributed by atoms with Crippen LogP contribution in [0.3, 0.4) is 0 Å². The average molecular weight is 266 g/mol. The van der Waals surface area contributed by atoms with Gasteiger partial charge in [0.2, 0.25) is 0 Å². The third-order valence-corrected chi connectivity index (χ3v) is 5.01. The van der Waals surface area contributed by atoms with Crippen molar-refractivity contribution in [2.45, 2.75) is 19.5 Å². The first kappa shape index (κ1) is 13.0. The summed E-state index contributed by atoms with van der Waals surface area (Å²) in [5.74, 6) is 8.51. The molecular formula is C13H18N2S2. The topological polar surface area (TPSA) is 29.3 Å². The summed E-state index contributed by atoms with van der Waals surface area (Å²) in [5, 5.41) is 0. The summed E-state index contributed by atoms with van der Waals surface area (Å²) in [6.07, 6.45) is 0. The average Bonchev–Trinajstić information content (AvgIpc) is 2.77. The van der Waals surface area contributed by atoms with E-state index in [2.05, 4.69) is 47.6 Å². The lowest BCUT2D eigenvalue weighted by Crippen LogP contribution is -2.39. The predicted molar refractivity (Wildman–Crippen MR) is 77.4 cm³/mol. The van der Waals surface area contributed by atoms with Gasteiger partial charge in [-0.15, -0.1) is 11.3 Å². The van der Waals surface area contributed by atoms with E-state index < -0.39 is 0 Å². The number of thioether (sulfide) groups is 1. The molecule has 2 heterocycles. The van der Waals surface area contributed by atoms with Crippen molar-refractivity contribution in [1.29, 1.82) is 0 Å². The van der Waals surface area contributed by atoms with Gasteiger partial charge >= 0.3 is 0 Å². The Kier molecular flexibility index (Phi) is 4.93. The van der Waals surface area contributed by atoms with Gasteiger partial charge in [0.15, 0.2) is 0 Å². The van der Waals surface area contributed by atoms with Gasteiger partial charge < -0.3 is 5.73 Å². The molecule has 0 aliphatic carbocycles. The Morgan fingerprint density at radius 2 is 2.41 bits per heavy atom. The Hall–Kier alpha value is -0.470. The minimum absolute atomic E-state index is 0.438. The maximum atomic E-state index is 5.37. The Balaban J connectivity index is 1.96. The molecule has 0 aromatic carbocycles. The molecule has 92 valence electrons. The van der Waals surface area contributed by atoms with Gasteiger partial charge in [-0.05, 0) is 19.1 Å². The molecule has 1 aromatic heterocycles. The van der Waals surface area contributed by atoms with Gasteiger partial charge in [0.25, 0.3) is 0 Å². The van der Waals surface area contributed by atoms with Crippen molar-refractivity contribution in [3.05, 3.63) is 21.9 Å². The van der Waals surface area contributed by atoms with Gasteiger partial charge in [-0.2, -0.15) is 11.8 Å². The molecule has 1 aromatic rings. The van der Waals surface area contributed by atoms with Crippen LogP contribution in [0.2, 0.25) is 0 Å². The van der Waals surface area contributed by atoms with E-state index in [9.17, 15) is 0 Å². The van der Waals surface area contributed by atoms with Crippen molar-refractivity contribution >= 4 is 23.1 Å². The van der Waals surface area contributed by atoms with Crippen LogP contribution in [0.1, 0.15) is 16.7 Å². The number of nitrogens with two attached hydrogens (primary N) is 1.